The van der Waals surface area contributed by atoms with E-state index in [0.29, 0.717) is 11.5 Å². The zero-order valence-electron chi connectivity index (χ0n) is 10.3. The smallest absolute Gasteiger partial charge is 0.196 e. The number of aliphatic imine (C=N–C) groups is 1. The van der Waals surface area contributed by atoms with Crippen molar-refractivity contribution in [1.29, 1.82) is 0 Å². The Hall–Kier alpha value is -0.730. The largest absolute Gasteiger partial charge is 0.344 e. The van der Waals surface area contributed by atoms with E-state index in [1.54, 1.807) is 0 Å². The van der Waals surface area contributed by atoms with Crippen molar-refractivity contribution in [1.82, 2.24) is 9.80 Å². The Bertz CT molecular complexity index is 227. The first-order valence-corrected chi connectivity index (χ1v) is 5.32. The average molecular weight is 197 g/mol. The van der Waals surface area contributed by atoms with Crippen molar-refractivity contribution in [2.24, 2.45) is 10.4 Å². The van der Waals surface area contributed by atoms with Crippen molar-refractivity contribution < 1.29 is 0 Å². The van der Waals surface area contributed by atoms with Gasteiger partial charge < -0.3 is 9.80 Å². The minimum atomic E-state index is 0.292. The summed E-state index contributed by atoms with van der Waals surface area (Å²) < 4.78 is 0. The highest BCUT2D eigenvalue weighted by Crippen LogP contribution is 2.24. The van der Waals surface area contributed by atoms with Crippen molar-refractivity contribution in [3.05, 3.63) is 0 Å². The van der Waals surface area contributed by atoms with E-state index in [-0.39, 0.29) is 0 Å². The van der Waals surface area contributed by atoms with Gasteiger partial charge in [-0.15, -0.1) is 0 Å². The van der Waals surface area contributed by atoms with Crippen LogP contribution in [0.5, 0.6) is 0 Å². The van der Waals surface area contributed by atoms with Crippen molar-refractivity contribution in [2.75, 3.05) is 27.2 Å². The summed E-state index contributed by atoms with van der Waals surface area (Å²) in [6.45, 7) is 11.1. The van der Waals surface area contributed by atoms with Gasteiger partial charge in [-0.05, 0) is 12.3 Å². The van der Waals surface area contributed by atoms with Gasteiger partial charge in [0.05, 0.1) is 6.54 Å². The van der Waals surface area contributed by atoms with Crippen LogP contribution in [-0.2, 0) is 0 Å². The lowest BCUT2D eigenvalue weighted by molar-refractivity contribution is 0.195. The second-order valence-electron chi connectivity index (χ2n) is 5.26. The Morgan fingerprint density at radius 3 is 2.36 bits per heavy atom. The van der Waals surface area contributed by atoms with Gasteiger partial charge in [0.2, 0.25) is 0 Å². The van der Waals surface area contributed by atoms with Crippen molar-refractivity contribution in [2.45, 2.75) is 33.7 Å². The van der Waals surface area contributed by atoms with Gasteiger partial charge in [0.15, 0.2) is 5.96 Å². The monoisotopic (exact) mass is 197 g/mol. The third-order valence-corrected chi connectivity index (χ3v) is 3.18. The number of likely N-dealkylation sites (N-methyl/N-ethyl adjacent to an activating group) is 1. The highest BCUT2D eigenvalue weighted by atomic mass is 15.4. The molecule has 1 aliphatic heterocycles. The van der Waals surface area contributed by atoms with Gasteiger partial charge >= 0.3 is 0 Å². The first-order chi connectivity index (χ1) is 6.34. The van der Waals surface area contributed by atoms with E-state index in [4.69, 9.17) is 0 Å². The fourth-order valence-electron chi connectivity index (χ4n) is 1.66. The Morgan fingerprint density at radius 2 is 2.00 bits per heavy atom. The molecule has 0 fully saturated rings. The van der Waals surface area contributed by atoms with Gasteiger partial charge in [0.1, 0.15) is 0 Å². The second kappa shape index (κ2) is 3.79. The lowest BCUT2D eigenvalue weighted by Gasteiger charge is -2.38. The normalized spacial score (nSPS) is 19.6. The van der Waals surface area contributed by atoms with Crippen LogP contribution in [0.4, 0.5) is 0 Å². The Morgan fingerprint density at radius 1 is 1.43 bits per heavy atom. The molecule has 0 N–H and O–H groups in total. The first kappa shape index (κ1) is 11.3. The minimum Gasteiger partial charge on any atom is -0.344 e. The third-order valence-electron chi connectivity index (χ3n) is 3.18. The molecular weight excluding hydrogens is 174 g/mol. The van der Waals surface area contributed by atoms with E-state index in [2.05, 4.69) is 56.6 Å². The topological polar surface area (TPSA) is 18.8 Å². The SMILES string of the molecule is CC(N(C)C1=NCCN1C)C(C)(C)C. The van der Waals surface area contributed by atoms with E-state index in [0.717, 1.165) is 19.0 Å². The maximum absolute atomic E-state index is 4.52. The van der Waals surface area contributed by atoms with Crippen molar-refractivity contribution >= 4 is 5.96 Å². The van der Waals surface area contributed by atoms with Crippen LogP contribution in [0.1, 0.15) is 27.7 Å². The van der Waals surface area contributed by atoms with Crippen molar-refractivity contribution in [3.63, 3.8) is 0 Å². The molecule has 1 aliphatic rings. The predicted molar refractivity (Wildman–Crippen MR) is 61.6 cm³/mol. The van der Waals surface area contributed by atoms with Gasteiger partial charge in [-0.1, -0.05) is 20.8 Å². The predicted octanol–water partition coefficient (Wildman–Crippen LogP) is 1.65. The first-order valence-electron chi connectivity index (χ1n) is 5.32. The van der Waals surface area contributed by atoms with E-state index >= 15 is 0 Å². The van der Waals surface area contributed by atoms with E-state index < -0.39 is 0 Å². The highest BCUT2D eigenvalue weighted by Gasteiger charge is 2.28. The lowest BCUT2D eigenvalue weighted by atomic mass is 9.87. The lowest BCUT2D eigenvalue weighted by Crippen LogP contribution is -2.47. The number of guanidine groups is 1. The molecule has 0 radical (unpaired) electrons. The van der Waals surface area contributed by atoms with Crippen LogP contribution >= 0.6 is 0 Å². The minimum absolute atomic E-state index is 0.292. The summed E-state index contributed by atoms with van der Waals surface area (Å²) in [6.07, 6.45) is 0. The fraction of sp³-hybridized carbons (Fsp3) is 0.909. The molecular formula is C11H23N3. The van der Waals surface area contributed by atoms with E-state index in [9.17, 15) is 0 Å². The molecule has 0 aromatic rings. The molecule has 14 heavy (non-hydrogen) atoms. The molecule has 0 saturated heterocycles. The molecule has 1 atom stereocenters. The summed E-state index contributed by atoms with van der Waals surface area (Å²) in [5.74, 6) is 1.13. The molecule has 1 heterocycles. The second-order valence-corrected chi connectivity index (χ2v) is 5.26. The quantitative estimate of drug-likeness (QED) is 0.636. The number of nitrogens with zero attached hydrogens (tertiary/aromatic N) is 3. The molecule has 1 unspecified atom stereocenters. The van der Waals surface area contributed by atoms with Gasteiger partial charge in [0.25, 0.3) is 0 Å². The Kier molecular flexibility index (Phi) is 3.07. The van der Waals surface area contributed by atoms with Gasteiger partial charge in [-0.25, -0.2) is 0 Å². The van der Waals surface area contributed by atoms with Crippen LogP contribution in [0.2, 0.25) is 0 Å². The molecule has 0 aromatic carbocycles. The summed E-state index contributed by atoms with van der Waals surface area (Å²) >= 11 is 0. The van der Waals surface area contributed by atoms with Crippen LogP contribution in [0.3, 0.4) is 0 Å². The molecule has 82 valence electrons. The standard InChI is InChI=1S/C11H23N3/c1-9(11(2,3)4)14(6)10-12-7-8-13(10)5/h9H,7-8H2,1-6H3. The van der Waals surface area contributed by atoms with Crippen molar-refractivity contribution in [3.8, 4) is 0 Å². The maximum atomic E-state index is 4.52. The summed E-state index contributed by atoms with van der Waals surface area (Å²) in [5, 5.41) is 0. The summed E-state index contributed by atoms with van der Waals surface area (Å²) in [5.41, 5.74) is 0.292. The van der Waals surface area contributed by atoms with E-state index in [1.165, 1.54) is 0 Å². The Balaban J connectivity index is 2.70. The van der Waals surface area contributed by atoms with Gasteiger partial charge in [0, 0.05) is 26.7 Å². The van der Waals surface area contributed by atoms with Crippen LogP contribution < -0.4 is 0 Å². The molecule has 3 nitrogen and oxygen atoms in total. The average Bonchev–Trinajstić information content (AvgIpc) is 2.47. The van der Waals surface area contributed by atoms with Crippen LogP contribution in [-0.4, -0.2) is 49.0 Å². The summed E-state index contributed by atoms with van der Waals surface area (Å²) in [6, 6.07) is 0.502. The molecule has 0 spiro atoms. The maximum Gasteiger partial charge on any atom is 0.196 e. The third kappa shape index (κ3) is 2.20. The summed E-state index contributed by atoms with van der Waals surface area (Å²) in [4.78, 5) is 9.03. The molecule has 0 aliphatic carbocycles. The van der Waals surface area contributed by atoms with Crippen LogP contribution in [0, 0.1) is 5.41 Å². The summed E-state index contributed by atoms with van der Waals surface area (Å²) in [7, 11) is 4.24. The zero-order valence-corrected chi connectivity index (χ0v) is 10.3. The number of rotatable bonds is 1. The Labute approximate surface area is 87.8 Å². The molecule has 3 heteroatoms. The fourth-order valence-corrected chi connectivity index (χ4v) is 1.66. The zero-order chi connectivity index (χ0) is 10.9. The molecule has 0 bridgehead atoms. The number of hydrogen-bond donors (Lipinski definition) is 0. The molecule has 0 saturated carbocycles. The molecule has 0 amide bonds. The van der Waals surface area contributed by atoms with E-state index in [1.807, 2.05) is 0 Å². The van der Waals surface area contributed by atoms with Crippen LogP contribution in [0.25, 0.3) is 0 Å². The number of hydrogen-bond acceptors (Lipinski definition) is 3. The highest BCUT2D eigenvalue weighted by molar-refractivity contribution is 5.81. The molecule has 0 aromatic heterocycles. The van der Waals surface area contributed by atoms with Crippen LogP contribution in [0.15, 0.2) is 4.99 Å². The van der Waals surface area contributed by atoms with Gasteiger partial charge in [-0.3, -0.25) is 4.99 Å². The van der Waals surface area contributed by atoms with Gasteiger partial charge in [-0.2, -0.15) is 0 Å². The molecule has 1 rings (SSSR count).